The van der Waals surface area contributed by atoms with Crippen LogP contribution in [0, 0.1) is 0 Å². The largest absolute Gasteiger partial charge is 0.0616 e. The Labute approximate surface area is 256 Å². The highest BCUT2D eigenvalue weighted by atomic mass is 14.2. The minimum atomic E-state index is 1.23. The Kier molecular flexibility index (Phi) is 5.61. The first-order valence-electron chi connectivity index (χ1n) is 15.3. The molecule has 0 unspecified atom stereocenters. The van der Waals surface area contributed by atoms with Crippen molar-refractivity contribution in [3.05, 3.63) is 170 Å². The van der Waals surface area contributed by atoms with Crippen LogP contribution in [0.5, 0.6) is 0 Å². The van der Waals surface area contributed by atoms with Gasteiger partial charge >= 0.3 is 0 Å². The van der Waals surface area contributed by atoms with Crippen molar-refractivity contribution in [3.8, 4) is 33.4 Å². The van der Waals surface area contributed by atoms with E-state index >= 15 is 0 Å². The average molecular weight is 557 g/mol. The highest BCUT2D eigenvalue weighted by molar-refractivity contribution is 6.24. The normalized spacial score (nSPS) is 11.6. The second-order valence-corrected chi connectivity index (χ2v) is 11.8. The molecule has 0 bridgehead atoms. The lowest BCUT2D eigenvalue weighted by Gasteiger charge is -2.14. The molecule has 0 fully saturated rings. The minimum absolute atomic E-state index is 1.23. The fourth-order valence-electron chi connectivity index (χ4n) is 6.95. The molecule has 0 heterocycles. The van der Waals surface area contributed by atoms with Gasteiger partial charge in [-0.2, -0.15) is 0 Å². The van der Waals surface area contributed by atoms with E-state index < -0.39 is 0 Å². The first-order valence-corrected chi connectivity index (χ1v) is 15.3. The Morgan fingerprint density at radius 3 is 1.43 bits per heavy atom. The van der Waals surface area contributed by atoms with Crippen molar-refractivity contribution in [3.63, 3.8) is 0 Å². The molecule has 0 aliphatic heterocycles. The molecule has 9 rings (SSSR count). The summed E-state index contributed by atoms with van der Waals surface area (Å²) in [6.45, 7) is 0. The van der Waals surface area contributed by atoms with Crippen molar-refractivity contribution in [2.75, 3.05) is 0 Å². The van der Waals surface area contributed by atoms with E-state index in [9.17, 15) is 0 Å². The average Bonchev–Trinajstić information content (AvgIpc) is 3.10. The molecule has 44 heavy (non-hydrogen) atoms. The zero-order valence-electron chi connectivity index (χ0n) is 24.2. The summed E-state index contributed by atoms with van der Waals surface area (Å²) in [7, 11) is 0. The third kappa shape index (κ3) is 4.07. The summed E-state index contributed by atoms with van der Waals surface area (Å²) in [6.07, 6.45) is 0. The summed E-state index contributed by atoms with van der Waals surface area (Å²) >= 11 is 0. The monoisotopic (exact) mass is 556 g/mol. The molecule has 9 aromatic carbocycles. The molecular formula is C44H28. The van der Waals surface area contributed by atoms with E-state index in [4.69, 9.17) is 0 Å². The van der Waals surface area contributed by atoms with Gasteiger partial charge in [0.2, 0.25) is 0 Å². The molecule has 0 amide bonds. The summed E-state index contributed by atoms with van der Waals surface area (Å²) < 4.78 is 0. The Hall–Kier alpha value is -5.72. The molecule has 0 saturated heterocycles. The molecule has 0 aliphatic rings. The van der Waals surface area contributed by atoms with Crippen molar-refractivity contribution in [2.45, 2.75) is 0 Å². The Morgan fingerprint density at radius 1 is 0.227 bits per heavy atom. The SMILES string of the molecule is c1cc(-c2ccc3ccccc3c2)cc(-c2ccc3cc(-c4cc5ccccc5c5c4ccc4ccccc45)ccc3c2)c1. The van der Waals surface area contributed by atoms with Gasteiger partial charge in [0, 0.05) is 0 Å². The van der Waals surface area contributed by atoms with Crippen molar-refractivity contribution in [1.29, 1.82) is 0 Å². The van der Waals surface area contributed by atoms with Crippen LogP contribution in [0.4, 0.5) is 0 Å². The van der Waals surface area contributed by atoms with E-state index in [0.29, 0.717) is 0 Å². The van der Waals surface area contributed by atoms with Crippen LogP contribution in [0.3, 0.4) is 0 Å². The maximum absolute atomic E-state index is 2.36. The first-order chi connectivity index (χ1) is 21.8. The maximum Gasteiger partial charge on any atom is -0.00206 e. The maximum atomic E-state index is 2.36. The van der Waals surface area contributed by atoms with Crippen LogP contribution in [0.15, 0.2) is 170 Å². The van der Waals surface area contributed by atoms with Gasteiger partial charge in [0.15, 0.2) is 0 Å². The molecule has 0 aromatic heterocycles. The van der Waals surface area contributed by atoms with Crippen molar-refractivity contribution < 1.29 is 0 Å². The minimum Gasteiger partial charge on any atom is -0.0616 e. The van der Waals surface area contributed by atoms with E-state index in [1.807, 2.05) is 0 Å². The van der Waals surface area contributed by atoms with Gasteiger partial charge in [0.05, 0.1) is 0 Å². The fraction of sp³-hybridized carbons (Fsp3) is 0. The van der Waals surface area contributed by atoms with Gasteiger partial charge in [-0.3, -0.25) is 0 Å². The van der Waals surface area contributed by atoms with Crippen LogP contribution in [-0.4, -0.2) is 0 Å². The lowest BCUT2D eigenvalue weighted by atomic mass is 9.89. The molecule has 0 atom stereocenters. The van der Waals surface area contributed by atoms with Gasteiger partial charge in [-0.1, -0.05) is 140 Å². The predicted octanol–water partition coefficient (Wildman–Crippen LogP) is 12.5. The van der Waals surface area contributed by atoms with Crippen molar-refractivity contribution in [1.82, 2.24) is 0 Å². The molecular weight excluding hydrogens is 528 g/mol. The standard InChI is InChI=1S/C44H28/c1-2-10-31-24-34(17-16-29(31)8-1)32-12-7-13-33(25-32)35-18-19-37-27-39(21-20-36(37)26-35)43-28-38-11-4-6-15-41(38)44-40-14-5-3-9-30(40)22-23-42(43)44/h1-28H. The second-order valence-electron chi connectivity index (χ2n) is 11.8. The van der Waals surface area contributed by atoms with Crippen LogP contribution in [0.1, 0.15) is 0 Å². The van der Waals surface area contributed by atoms with Crippen LogP contribution in [0.25, 0.3) is 87.2 Å². The van der Waals surface area contributed by atoms with Crippen LogP contribution in [0.2, 0.25) is 0 Å². The summed E-state index contributed by atoms with van der Waals surface area (Å²) in [5.41, 5.74) is 7.46. The molecule has 0 nitrogen and oxygen atoms in total. The van der Waals surface area contributed by atoms with Crippen LogP contribution < -0.4 is 0 Å². The first kappa shape index (κ1) is 24.8. The third-order valence-electron chi connectivity index (χ3n) is 9.18. The van der Waals surface area contributed by atoms with Gasteiger partial charge in [-0.05, 0) is 118 Å². The molecule has 0 radical (unpaired) electrons. The predicted molar refractivity (Wildman–Crippen MR) is 190 cm³/mol. The van der Waals surface area contributed by atoms with E-state index in [2.05, 4.69) is 170 Å². The van der Waals surface area contributed by atoms with E-state index in [-0.39, 0.29) is 0 Å². The summed E-state index contributed by atoms with van der Waals surface area (Å²) in [5.74, 6) is 0. The van der Waals surface area contributed by atoms with E-state index in [1.54, 1.807) is 0 Å². The van der Waals surface area contributed by atoms with Gasteiger partial charge in [0.1, 0.15) is 0 Å². The van der Waals surface area contributed by atoms with Crippen LogP contribution in [-0.2, 0) is 0 Å². The highest BCUT2D eigenvalue weighted by Crippen LogP contribution is 2.40. The van der Waals surface area contributed by atoms with E-state index in [1.165, 1.54) is 87.2 Å². The number of hydrogen-bond acceptors (Lipinski definition) is 0. The zero-order chi connectivity index (χ0) is 29.0. The van der Waals surface area contributed by atoms with Crippen molar-refractivity contribution in [2.24, 2.45) is 0 Å². The van der Waals surface area contributed by atoms with Gasteiger partial charge in [-0.25, -0.2) is 0 Å². The van der Waals surface area contributed by atoms with Crippen LogP contribution >= 0.6 is 0 Å². The number of rotatable bonds is 3. The molecule has 0 N–H and O–H groups in total. The smallest absolute Gasteiger partial charge is 0.00206 e. The van der Waals surface area contributed by atoms with Gasteiger partial charge in [-0.15, -0.1) is 0 Å². The quantitative estimate of drug-likeness (QED) is 0.190. The Bertz CT molecular complexity index is 2540. The Balaban J connectivity index is 1.14. The molecule has 204 valence electrons. The molecule has 0 heteroatoms. The second kappa shape index (κ2) is 9.93. The fourth-order valence-corrected chi connectivity index (χ4v) is 6.95. The third-order valence-corrected chi connectivity index (χ3v) is 9.18. The number of fused-ring (bicyclic) bond motifs is 7. The molecule has 0 saturated carbocycles. The van der Waals surface area contributed by atoms with Gasteiger partial charge in [0.25, 0.3) is 0 Å². The molecule has 9 aromatic rings. The lowest BCUT2D eigenvalue weighted by molar-refractivity contribution is 1.61. The van der Waals surface area contributed by atoms with E-state index in [0.717, 1.165) is 0 Å². The Morgan fingerprint density at radius 2 is 0.705 bits per heavy atom. The summed E-state index contributed by atoms with van der Waals surface area (Å²) in [6, 6.07) is 62.4. The molecule has 0 spiro atoms. The lowest BCUT2D eigenvalue weighted by Crippen LogP contribution is -1.87. The highest BCUT2D eigenvalue weighted by Gasteiger charge is 2.12. The summed E-state index contributed by atoms with van der Waals surface area (Å²) in [5, 5.41) is 12.8. The van der Waals surface area contributed by atoms with Crippen molar-refractivity contribution >= 4 is 53.9 Å². The zero-order valence-corrected chi connectivity index (χ0v) is 24.2. The van der Waals surface area contributed by atoms with Gasteiger partial charge < -0.3 is 0 Å². The topological polar surface area (TPSA) is 0 Å². The number of benzene rings is 9. The molecule has 0 aliphatic carbocycles. The number of hydrogen-bond donors (Lipinski definition) is 0. The summed E-state index contributed by atoms with van der Waals surface area (Å²) in [4.78, 5) is 0.